The second kappa shape index (κ2) is 8.05. The van der Waals surface area contributed by atoms with E-state index in [2.05, 4.69) is 36.7 Å². The first-order chi connectivity index (χ1) is 10.2. The third kappa shape index (κ3) is 4.48. The Morgan fingerprint density at radius 2 is 2.19 bits per heavy atom. The van der Waals surface area contributed by atoms with Gasteiger partial charge in [-0.2, -0.15) is 0 Å². The van der Waals surface area contributed by atoms with Crippen molar-refractivity contribution in [2.75, 3.05) is 13.2 Å². The molecule has 0 aliphatic heterocycles. The average Bonchev–Trinajstić information content (AvgIpc) is 3.07. The average molecular weight is 290 g/mol. The Morgan fingerprint density at radius 3 is 2.86 bits per heavy atom. The Balaban J connectivity index is 1.59. The van der Waals surface area contributed by atoms with Crippen molar-refractivity contribution in [2.45, 2.75) is 46.9 Å². The summed E-state index contributed by atoms with van der Waals surface area (Å²) in [5.74, 6) is 0.884. The van der Waals surface area contributed by atoms with Crippen molar-refractivity contribution in [3.05, 3.63) is 47.2 Å². The van der Waals surface area contributed by atoms with Crippen LogP contribution in [-0.2, 0) is 24.4 Å². The minimum atomic E-state index is 0.560. The summed E-state index contributed by atoms with van der Waals surface area (Å²) in [6, 6.07) is 6.09. The van der Waals surface area contributed by atoms with Gasteiger partial charge in [0, 0.05) is 31.1 Å². The topological polar surface area (TPSA) is 39.3 Å². The Hall–Kier alpha value is -1.52. The lowest BCUT2D eigenvalue weighted by molar-refractivity contribution is 0.104. The van der Waals surface area contributed by atoms with Gasteiger partial charge in [0.2, 0.25) is 0 Å². The van der Waals surface area contributed by atoms with Crippen molar-refractivity contribution in [1.29, 1.82) is 0 Å². The highest BCUT2D eigenvalue weighted by atomic mass is 16.5. The van der Waals surface area contributed by atoms with Crippen LogP contribution in [0.1, 0.15) is 36.1 Å². The molecule has 116 valence electrons. The third-order valence-electron chi connectivity index (χ3n) is 3.78. The van der Waals surface area contributed by atoms with Crippen LogP contribution < -0.4 is 5.32 Å². The third-order valence-corrected chi connectivity index (χ3v) is 3.78. The predicted octanol–water partition coefficient (Wildman–Crippen LogP) is 3.41. The molecule has 0 spiro atoms. The molecular weight excluding hydrogens is 264 g/mol. The lowest BCUT2D eigenvalue weighted by Gasteiger charge is -2.07. The fourth-order valence-corrected chi connectivity index (χ4v) is 2.63. The van der Waals surface area contributed by atoms with Crippen molar-refractivity contribution in [2.24, 2.45) is 0 Å². The number of aromatic nitrogens is 1. The molecule has 2 rings (SSSR count). The molecule has 1 N–H and O–H groups in total. The number of nitrogens with one attached hydrogen (secondary N) is 1. The Labute approximate surface area is 127 Å². The molecule has 0 fully saturated rings. The summed E-state index contributed by atoms with van der Waals surface area (Å²) in [7, 11) is 0. The Morgan fingerprint density at radius 1 is 1.33 bits per heavy atom. The first-order valence-corrected chi connectivity index (χ1v) is 7.68. The number of furan rings is 1. The number of ether oxygens (including phenoxy) is 1. The van der Waals surface area contributed by atoms with Crippen LogP contribution in [0.15, 0.2) is 28.9 Å². The van der Waals surface area contributed by atoms with Crippen molar-refractivity contribution in [3.63, 3.8) is 0 Å². The van der Waals surface area contributed by atoms with E-state index in [0.717, 1.165) is 38.4 Å². The van der Waals surface area contributed by atoms with E-state index in [1.54, 1.807) is 6.26 Å². The Bertz CT molecular complexity index is 529. The molecule has 0 radical (unpaired) electrons. The zero-order chi connectivity index (χ0) is 15.1. The van der Waals surface area contributed by atoms with Crippen LogP contribution in [0.5, 0.6) is 0 Å². The van der Waals surface area contributed by atoms with Crippen LogP contribution in [0.2, 0.25) is 0 Å². The van der Waals surface area contributed by atoms with Gasteiger partial charge in [0.15, 0.2) is 0 Å². The molecule has 0 saturated carbocycles. The molecule has 0 atom stereocenters. The summed E-state index contributed by atoms with van der Waals surface area (Å²) < 4.78 is 13.1. The first-order valence-electron chi connectivity index (χ1n) is 7.68. The molecule has 21 heavy (non-hydrogen) atoms. The highest BCUT2D eigenvalue weighted by Crippen LogP contribution is 2.14. The molecule has 2 aromatic rings. The van der Waals surface area contributed by atoms with E-state index in [1.807, 2.05) is 12.1 Å². The number of hydrogen-bond acceptors (Lipinski definition) is 3. The van der Waals surface area contributed by atoms with Gasteiger partial charge in [-0.15, -0.1) is 0 Å². The minimum Gasteiger partial charge on any atom is -0.467 e. The molecule has 0 unspecified atom stereocenters. The maximum atomic E-state index is 5.56. The number of hydrogen-bond donors (Lipinski definition) is 1. The van der Waals surface area contributed by atoms with Crippen molar-refractivity contribution in [1.82, 2.24) is 9.88 Å². The summed E-state index contributed by atoms with van der Waals surface area (Å²) in [6.45, 7) is 10.8. The second-order valence-corrected chi connectivity index (χ2v) is 5.30. The van der Waals surface area contributed by atoms with E-state index in [4.69, 9.17) is 9.15 Å². The van der Waals surface area contributed by atoms with E-state index in [0.29, 0.717) is 6.61 Å². The lowest BCUT2D eigenvalue weighted by Crippen LogP contribution is -2.16. The second-order valence-electron chi connectivity index (χ2n) is 5.30. The maximum absolute atomic E-state index is 5.56. The zero-order valence-corrected chi connectivity index (χ0v) is 13.3. The molecule has 2 aromatic heterocycles. The molecule has 4 nitrogen and oxygen atoms in total. The van der Waals surface area contributed by atoms with Crippen molar-refractivity contribution >= 4 is 0 Å². The van der Waals surface area contributed by atoms with Gasteiger partial charge in [-0.1, -0.05) is 0 Å². The molecule has 0 bridgehead atoms. The summed E-state index contributed by atoms with van der Waals surface area (Å²) >= 11 is 0. The molecule has 2 heterocycles. The lowest BCUT2D eigenvalue weighted by atomic mass is 10.2. The number of nitrogens with zero attached hydrogens (tertiary/aromatic N) is 1. The van der Waals surface area contributed by atoms with Crippen molar-refractivity contribution in [3.8, 4) is 0 Å². The standard InChI is InChI=1S/C17H26N2O2/c1-4-19-14(2)11-16(15(19)3)12-18-8-6-9-20-13-17-7-5-10-21-17/h5,7,10-11,18H,4,6,8-9,12-13H2,1-3H3. The SMILES string of the molecule is CCn1c(C)cc(CNCCCOCc2ccco2)c1C. The molecule has 4 heteroatoms. The summed E-state index contributed by atoms with van der Waals surface area (Å²) in [5.41, 5.74) is 4.11. The minimum absolute atomic E-state index is 0.560. The molecule has 0 aliphatic rings. The fourth-order valence-electron chi connectivity index (χ4n) is 2.63. The van der Waals surface area contributed by atoms with Gasteiger partial charge in [-0.3, -0.25) is 0 Å². The fraction of sp³-hybridized carbons (Fsp3) is 0.529. The summed E-state index contributed by atoms with van der Waals surface area (Å²) in [5, 5.41) is 3.48. The van der Waals surface area contributed by atoms with E-state index in [9.17, 15) is 0 Å². The van der Waals surface area contributed by atoms with Gasteiger partial charge in [0.25, 0.3) is 0 Å². The van der Waals surface area contributed by atoms with Crippen LogP contribution in [0.4, 0.5) is 0 Å². The van der Waals surface area contributed by atoms with Gasteiger partial charge in [0.05, 0.1) is 6.26 Å². The van der Waals surface area contributed by atoms with E-state index in [1.165, 1.54) is 17.0 Å². The van der Waals surface area contributed by atoms with Gasteiger partial charge in [-0.05, 0) is 57.5 Å². The van der Waals surface area contributed by atoms with Crippen LogP contribution in [0, 0.1) is 13.8 Å². The Kier molecular flexibility index (Phi) is 6.08. The van der Waals surface area contributed by atoms with E-state index >= 15 is 0 Å². The normalized spacial score (nSPS) is 11.2. The van der Waals surface area contributed by atoms with E-state index < -0.39 is 0 Å². The summed E-state index contributed by atoms with van der Waals surface area (Å²) in [4.78, 5) is 0. The monoisotopic (exact) mass is 290 g/mol. The van der Waals surface area contributed by atoms with Crippen LogP contribution in [0.3, 0.4) is 0 Å². The molecule has 0 aromatic carbocycles. The molecule has 0 aliphatic carbocycles. The van der Waals surface area contributed by atoms with Crippen LogP contribution >= 0.6 is 0 Å². The highest BCUT2D eigenvalue weighted by Gasteiger charge is 2.06. The maximum Gasteiger partial charge on any atom is 0.129 e. The first kappa shape index (κ1) is 15.9. The quantitative estimate of drug-likeness (QED) is 0.719. The smallest absolute Gasteiger partial charge is 0.129 e. The number of rotatable bonds is 9. The largest absolute Gasteiger partial charge is 0.467 e. The zero-order valence-electron chi connectivity index (χ0n) is 13.3. The molecule has 0 saturated heterocycles. The van der Waals surface area contributed by atoms with Gasteiger partial charge < -0.3 is 19.0 Å². The van der Waals surface area contributed by atoms with Crippen LogP contribution in [0.25, 0.3) is 0 Å². The molecule has 0 amide bonds. The van der Waals surface area contributed by atoms with Crippen molar-refractivity contribution < 1.29 is 9.15 Å². The molecular formula is C17H26N2O2. The highest BCUT2D eigenvalue weighted by molar-refractivity contribution is 5.26. The van der Waals surface area contributed by atoms with Gasteiger partial charge in [0.1, 0.15) is 12.4 Å². The van der Waals surface area contributed by atoms with Gasteiger partial charge in [-0.25, -0.2) is 0 Å². The van der Waals surface area contributed by atoms with E-state index in [-0.39, 0.29) is 0 Å². The summed E-state index contributed by atoms with van der Waals surface area (Å²) in [6.07, 6.45) is 2.68. The predicted molar refractivity (Wildman–Crippen MR) is 84.3 cm³/mol. The number of aryl methyl sites for hydroxylation is 1. The van der Waals surface area contributed by atoms with Gasteiger partial charge >= 0.3 is 0 Å². The van der Waals surface area contributed by atoms with Crippen LogP contribution in [-0.4, -0.2) is 17.7 Å².